The molecular weight excluding hydrogens is 961 g/mol. The van der Waals surface area contributed by atoms with Gasteiger partial charge in [0, 0.05) is 51.3 Å². The minimum atomic E-state index is -0.269. The molecule has 0 spiro atoms. The molecule has 79 heavy (non-hydrogen) atoms. The van der Waals surface area contributed by atoms with Gasteiger partial charge in [-0.3, -0.25) is 4.57 Å². The average Bonchev–Trinajstić information content (AvgIpc) is 4.22. The highest BCUT2D eigenvalue weighted by Gasteiger charge is 2.34. The number of pyridine rings is 1. The number of aromatic nitrogens is 2. The second-order valence-corrected chi connectivity index (χ2v) is 24.7. The highest BCUT2D eigenvalue weighted by molar-refractivity contribution is 6.10. The second-order valence-electron chi connectivity index (χ2n) is 24.7. The van der Waals surface area contributed by atoms with E-state index in [9.17, 15) is 0 Å². The number of rotatable bonds is 11. The van der Waals surface area contributed by atoms with Crippen LogP contribution in [0.5, 0.6) is 11.5 Å². The van der Waals surface area contributed by atoms with Crippen LogP contribution in [-0.2, 0) is 21.7 Å². The summed E-state index contributed by atoms with van der Waals surface area (Å²) in [6.07, 6.45) is 1.94. The van der Waals surface area contributed by atoms with Gasteiger partial charge in [-0.05, 0) is 139 Å². The molecule has 11 aromatic rings. The molecule has 0 amide bonds. The molecule has 5 heteroatoms. The average molecular weight is 1030 g/mol. The molecule has 1 aliphatic rings. The lowest BCUT2D eigenvalue weighted by Gasteiger charge is -2.30. The molecule has 9 aromatic carbocycles. The summed E-state index contributed by atoms with van der Waals surface area (Å²) < 4.78 is 9.51. The van der Waals surface area contributed by atoms with Gasteiger partial charge in [-0.1, -0.05) is 209 Å². The van der Waals surface area contributed by atoms with Crippen LogP contribution in [0.3, 0.4) is 0 Å². The highest BCUT2D eigenvalue weighted by atomic mass is 16.5. The van der Waals surface area contributed by atoms with Crippen LogP contribution in [0.4, 0.5) is 22.7 Å². The first-order valence-corrected chi connectivity index (χ1v) is 27.9. The molecule has 2 aromatic heterocycles. The Balaban J connectivity index is 1.01. The SMILES string of the molecule is CC(C)(C)c1cc(Oc2ccc3c4cc(-c5ccccc5)ccc4n(-c4cc(C(C)(C)C)ccn4)c3c2)cc(N2CN(c3cc(-c4ccccc4)cc(C(C)(C)c4ccccc4)c3)c3ccc(C(C)(C)c4ccccc4)cc32)c1. The number of hydrogen-bond acceptors (Lipinski definition) is 4. The number of hydrogen-bond donors (Lipinski definition) is 0. The Bertz CT molecular complexity index is 4030. The Morgan fingerprint density at radius 2 is 0.937 bits per heavy atom. The van der Waals surface area contributed by atoms with Crippen LogP contribution in [0.2, 0.25) is 0 Å². The van der Waals surface area contributed by atoms with Gasteiger partial charge in [-0.15, -0.1) is 0 Å². The Hall–Kier alpha value is -8.67. The fourth-order valence-corrected chi connectivity index (χ4v) is 11.6. The van der Waals surface area contributed by atoms with Crippen molar-refractivity contribution in [1.29, 1.82) is 0 Å². The molecule has 0 saturated carbocycles. The monoisotopic (exact) mass is 1030 g/mol. The van der Waals surface area contributed by atoms with Crippen molar-refractivity contribution in [3.8, 4) is 39.6 Å². The maximum absolute atomic E-state index is 7.20. The van der Waals surface area contributed by atoms with Crippen molar-refractivity contribution in [2.45, 2.75) is 90.9 Å². The van der Waals surface area contributed by atoms with Crippen molar-refractivity contribution in [1.82, 2.24) is 9.55 Å². The van der Waals surface area contributed by atoms with Crippen LogP contribution < -0.4 is 14.5 Å². The van der Waals surface area contributed by atoms with Gasteiger partial charge < -0.3 is 14.5 Å². The summed E-state index contributed by atoms with van der Waals surface area (Å²) in [6, 6.07) is 82.1. The molecule has 0 radical (unpaired) electrons. The molecule has 0 aliphatic carbocycles. The Kier molecular flexibility index (Phi) is 12.7. The summed E-state index contributed by atoms with van der Waals surface area (Å²) in [6.45, 7) is 23.6. The summed E-state index contributed by atoms with van der Waals surface area (Å²) in [4.78, 5) is 10.0. The lowest BCUT2D eigenvalue weighted by molar-refractivity contribution is 0.479. The van der Waals surface area contributed by atoms with E-state index in [1.165, 1.54) is 61.0 Å². The fraction of sp³-hybridized carbons (Fsp3) is 0.203. The van der Waals surface area contributed by atoms with Crippen molar-refractivity contribution in [3.05, 3.63) is 264 Å². The highest BCUT2D eigenvalue weighted by Crippen LogP contribution is 2.50. The molecule has 0 fully saturated rings. The van der Waals surface area contributed by atoms with E-state index in [-0.39, 0.29) is 21.7 Å². The van der Waals surface area contributed by atoms with E-state index < -0.39 is 0 Å². The molecule has 0 bridgehead atoms. The van der Waals surface area contributed by atoms with E-state index in [0.29, 0.717) is 6.67 Å². The zero-order valence-electron chi connectivity index (χ0n) is 47.3. The van der Waals surface area contributed by atoms with Gasteiger partial charge >= 0.3 is 0 Å². The van der Waals surface area contributed by atoms with Crippen molar-refractivity contribution in [3.63, 3.8) is 0 Å². The van der Waals surface area contributed by atoms with E-state index in [4.69, 9.17) is 9.72 Å². The van der Waals surface area contributed by atoms with Gasteiger partial charge in [0.05, 0.1) is 22.4 Å². The quantitative estimate of drug-likeness (QED) is 0.129. The summed E-state index contributed by atoms with van der Waals surface area (Å²) in [5.74, 6) is 2.42. The maximum Gasteiger partial charge on any atom is 0.137 e. The Labute approximate surface area is 467 Å². The first kappa shape index (κ1) is 51.1. The number of nitrogens with zero attached hydrogens (tertiary/aromatic N) is 4. The number of ether oxygens (including phenoxy) is 1. The largest absolute Gasteiger partial charge is 0.457 e. The smallest absolute Gasteiger partial charge is 0.137 e. The Morgan fingerprint density at radius 3 is 1.58 bits per heavy atom. The van der Waals surface area contributed by atoms with Crippen LogP contribution in [0.25, 0.3) is 49.9 Å². The van der Waals surface area contributed by atoms with E-state index >= 15 is 0 Å². The molecule has 0 unspecified atom stereocenters. The topological polar surface area (TPSA) is 33.5 Å². The lowest BCUT2D eigenvalue weighted by Crippen LogP contribution is -2.25. The van der Waals surface area contributed by atoms with Gasteiger partial charge in [0.1, 0.15) is 24.0 Å². The van der Waals surface area contributed by atoms with Crippen molar-refractivity contribution in [2.24, 2.45) is 0 Å². The third kappa shape index (κ3) is 9.67. The van der Waals surface area contributed by atoms with E-state index in [1.807, 2.05) is 6.20 Å². The fourth-order valence-electron chi connectivity index (χ4n) is 11.6. The molecule has 5 nitrogen and oxygen atoms in total. The van der Waals surface area contributed by atoms with Gasteiger partial charge in [0.25, 0.3) is 0 Å². The molecule has 392 valence electrons. The molecule has 1 aliphatic heterocycles. The van der Waals surface area contributed by atoms with Gasteiger partial charge in [0.2, 0.25) is 0 Å². The third-order valence-electron chi connectivity index (χ3n) is 16.6. The van der Waals surface area contributed by atoms with Crippen molar-refractivity contribution >= 4 is 44.6 Å². The van der Waals surface area contributed by atoms with Crippen LogP contribution in [0.1, 0.15) is 103 Å². The van der Waals surface area contributed by atoms with Gasteiger partial charge in [-0.2, -0.15) is 0 Å². The molecule has 12 rings (SSSR count). The van der Waals surface area contributed by atoms with E-state index in [1.54, 1.807) is 0 Å². The molecule has 0 N–H and O–H groups in total. The van der Waals surface area contributed by atoms with Crippen LogP contribution in [0.15, 0.2) is 231 Å². The van der Waals surface area contributed by atoms with Crippen molar-refractivity contribution in [2.75, 3.05) is 16.5 Å². The maximum atomic E-state index is 7.20. The minimum Gasteiger partial charge on any atom is -0.457 e. The van der Waals surface area contributed by atoms with Crippen LogP contribution in [0, 0.1) is 0 Å². The first-order valence-electron chi connectivity index (χ1n) is 27.9. The standard InChI is InChI=1S/C74H70N4O/c1-71(2,3)56-37-38-75-70(46-56)78-66-35-31-52(50-23-15-11-16-24-50)41-65(66)64-34-33-62(48-68(64)78)79-63-44-58(72(4,5)6)42-61(47-63)77-49-76(67-36-32-57(45-69(67)77)73(7,8)54-27-19-13-20-28-54)60-40-53(51-25-17-12-18-26-51)39-59(43-60)74(9,10)55-29-21-14-22-30-55/h11-48H,49H2,1-10H3. The van der Waals surface area contributed by atoms with E-state index in [2.05, 4.69) is 308 Å². The van der Waals surface area contributed by atoms with Crippen LogP contribution >= 0.6 is 0 Å². The number of fused-ring (bicyclic) bond motifs is 4. The number of anilines is 4. The first-order chi connectivity index (χ1) is 37.9. The third-order valence-corrected chi connectivity index (χ3v) is 16.6. The van der Waals surface area contributed by atoms with Crippen LogP contribution in [-0.4, -0.2) is 16.2 Å². The molecule has 0 saturated heterocycles. The summed E-state index contributed by atoms with van der Waals surface area (Å²) in [7, 11) is 0. The predicted molar refractivity (Wildman–Crippen MR) is 333 cm³/mol. The Morgan fingerprint density at radius 1 is 0.354 bits per heavy atom. The summed E-state index contributed by atoms with van der Waals surface area (Å²) >= 11 is 0. The number of benzene rings is 9. The van der Waals surface area contributed by atoms with Crippen molar-refractivity contribution < 1.29 is 4.74 Å². The zero-order valence-corrected chi connectivity index (χ0v) is 47.3. The molecular formula is C74H70N4O. The van der Waals surface area contributed by atoms with Gasteiger partial charge in [-0.25, -0.2) is 4.98 Å². The van der Waals surface area contributed by atoms with E-state index in [0.717, 1.165) is 56.5 Å². The molecule has 0 atom stereocenters. The minimum absolute atomic E-state index is 0.0536. The normalized spacial score (nSPS) is 13.1. The summed E-state index contributed by atoms with van der Waals surface area (Å²) in [5, 5.41) is 2.31. The lowest BCUT2D eigenvalue weighted by atomic mass is 9.77. The molecule has 3 heterocycles. The predicted octanol–water partition coefficient (Wildman–Crippen LogP) is 19.8. The second kappa shape index (κ2) is 19.7. The summed E-state index contributed by atoms with van der Waals surface area (Å²) in [5.41, 5.74) is 18.1. The zero-order chi connectivity index (χ0) is 54.8. The van der Waals surface area contributed by atoms with Gasteiger partial charge in [0.15, 0.2) is 0 Å².